The molecule has 4 rings (SSSR count). The Balaban J connectivity index is 1.53. The minimum absolute atomic E-state index is 0.0504. The maximum Gasteiger partial charge on any atom is 0.325 e. The van der Waals surface area contributed by atoms with E-state index in [2.05, 4.69) is 16.9 Å². The fraction of sp³-hybridized carbons (Fsp3) is 0.391. The van der Waals surface area contributed by atoms with E-state index in [0.717, 1.165) is 35.4 Å². The number of anilines is 1. The summed E-state index contributed by atoms with van der Waals surface area (Å²) in [6.07, 6.45) is 5.05. The zero-order valence-electron chi connectivity index (χ0n) is 17.5. The molecule has 2 fully saturated rings. The highest BCUT2D eigenvalue weighted by molar-refractivity contribution is 7.14. The largest absolute Gasteiger partial charge is 0.325 e. The lowest BCUT2D eigenvalue weighted by atomic mass is 9.73. The van der Waals surface area contributed by atoms with Crippen LogP contribution in [0.2, 0.25) is 0 Å². The van der Waals surface area contributed by atoms with Gasteiger partial charge in [-0.2, -0.15) is 0 Å². The van der Waals surface area contributed by atoms with Crippen molar-refractivity contribution in [2.24, 2.45) is 5.92 Å². The van der Waals surface area contributed by atoms with Gasteiger partial charge in [0.05, 0.1) is 5.69 Å². The van der Waals surface area contributed by atoms with Crippen molar-refractivity contribution in [2.45, 2.75) is 38.1 Å². The average molecular weight is 439 g/mol. The zero-order chi connectivity index (χ0) is 22.0. The molecule has 162 valence electrons. The summed E-state index contributed by atoms with van der Waals surface area (Å²) in [4.78, 5) is 46.1. The minimum Gasteiger partial charge on any atom is -0.323 e. The molecule has 2 atom stereocenters. The highest BCUT2D eigenvalue weighted by atomic mass is 32.1. The van der Waals surface area contributed by atoms with Crippen LogP contribution in [-0.2, 0) is 9.59 Å². The number of carbonyl (C=O) groups is 3. The Morgan fingerprint density at radius 3 is 2.84 bits per heavy atom. The number of hydrogen-bond acceptors (Lipinski definition) is 5. The van der Waals surface area contributed by atoms with Crippen LogP contribution in [0.3, 0.4) is 0 Å². The number of imide groups is 1. The van der Waals surface area contributed by atoms with Gasteiger partial charge in [0.15, 0.2) is 5.13 Å². The van der Waals surface area contributed by atoms with Gasteiger partial charge >= 0.3 is 6.03 Å². The first kappa shape index (κ1) is 21.2. The molecule has 1 saturated carbocycles. The number of nitrogens with one attached hydrogen (secondary N) is 1. The zero-order valence-corrected chi connectivity index (χ0v) is 18.4. The first-order valence-electron chi connectivity index (χ1n) is 10.5. The number of urea groups is 1. The number of rotatable bonds is 6. The first-order chi connectivity index (χ1) is 15.0. The predicted octanol–water partition coefficient (Wildman–Crippen LogP) is 3.83. The number of aromatic nitrogens is 1. The van der Waals surface area contributed by atoms with E-state index in [1.807, 2.05) is 42.6 Å². The van der Waals surface area contributed by atoms with Crippen LogP contribution in [0.15, 0.2) is 48.4 Å². The highest BCUT2D eigenvalue weighted by Crippen LogP contribution is 2.38. The second-order valence-electron chi connectivity index (χ2n) is 8.11. The Hall–Kier alpha value is -3.00. The van der Waals surface area contributed by atoms with E-state index < -0.39 is 11.6 Å². The summed E-state index contributed by atoms with van der Waals surface area (Å²) >= 11 is 1.34. The molecule has 1 aliphatic heterocycles. The average Bonchev–Trinajstić information content (AvgIpc) is 3.35. The van der Waals surface area contributed by atoms with Crippen LogP contribution in [-0.4, -0.2) is 46.4 Å². The fourth-order valence-corrected chi connectivity index (χ4v) is 5.27. The van der Waals surface area contributed by atoms with Gasteiger partial charge in [-0.3, -0.25) is 19.4 Å². The molecule has 0 bridgehead atoms. The Morgan fingerprint density at radius 1 is 1.35 bits per heavy atom. The Kier molecular flexibility index (Phi) is 5.91. The van der Waals surface area contributed by atoms with Gasteiger partial charge in [0.25, 0.3) is 5.91 Å². The van der Waals surface area contributed by atoms with Gasteiger partial charge in [-0.1, -0.05) is 56.2 Å². The molecule has 1 aromatic heterocycles. The van der Waals surface area contributed by atoms with Crippen LogP contribution < -0.4 is 10.2 Å². The summed E-state index contributed by atoms with van der Waals surface area (Å²) in [5.41, 5.74) is 0.853. The van der Waals surface area contributed by atoms with Gasteiger partial charge in [0.2, 0.25) is 5.91 Å². The highest BCUT2D eigenvalue weighted by Gasteiger charge is 2.55. The molecular formula is C23H26N4O3S. The van der Waals surface area contributed by atoms with Crippen LogP contribution in [0, 0.1) is 5.92 Å². The Labute approximate surface area is 185 Å². The van der Waals surface area contributed by atoms with Crippen molar-refractivity contribution < 1.29 is 14.4 Å². The molecule has 1 spiro atoms. The molecule has 8 heteroatoms. The SMILES string of the molecule is C=CCN(C(=O)CN1C(=O)N[C@]2(CCCC[C@@H]2C)C1=O)c1nc(-c2ccccc2)cs1. The number of thiazole rings is 1. The molecule has 1 aliphatic carbocycles. The maximum atomic E-state index is 13.2. The molecule has 4 amide bonds. The quantitative estimate of drug-likeness (QED) is 0.549. The van der Waals surface area contributed by atoms with Crippen LogP contribution >= 0.6 is 11.3 Å². The third-order valence-corrected chi connectivity index (χ3v) is 7.06. The molecule has 7 nitrogen and oxygen atoms in total. The van der Waals surface area contributed by atoms with Crippen LogP contribution in [0.1, 0.15) is 32.6 Å². The Morgan fingerprint density at radius 2 is 2.13 bits per heavy atom. The molecule has 2 aromatic rings. The second-order valence-corrected chi connectivity index (χ2v) is 8.95. The predicted molar refractivity (Wildman–Crippen MR) is 121 cm³/mol. The minimum atomic E-state index is -0.874. The molecular weight excluding hydrogens is 412 g/mol. The third-order valence-electron chi connectivity index (χ3n) is 6.20. The summed E-state index contributed by atoms with van der Waals surface area (Å²) in [7, 11) is 0. The van der Waals surface area contributed by atoms with Gasteiger partial charge in [-0.15, -0.1) is 17.9 Å². The van der Waals surface area contributed by atoms with Gasteiger partial charge < -0.3 is 5.32 Å². The number of hydrogen-bond donors (Lipinski definition) is 1. The van der Waals surface area contributed by atoms with Crippen molar-refractivity contribution in [3.63, 3.8) is 0 Å². The Bertz CT molecular complexity index is 1010. The van der Waals surface area contributed by atoms with E-state index in [-0.39, 0.29) is 30.8 Å². The van der Waals surface area contributed by atoms with Crippen LogP contribution in [0.5, 0.6) is 0 Å². The van der Waals surface area contributed by atoms with Crippen molar-refractivity contribution in [2.75, 3.05) is 18.0 Å². The van der Waals surface area contributed by atoms with Crippen molar-refractivity contribution in [1.29, 1.82) is 0 Å². The van der Waals surface area contributed by atoms with E-state index >= 15 is 0 Å². The molecule has 31 heavy (non-hydrogen) atoms. The first-order valence-corrected chi connectivity index (χ1v) is 11.4. The number of nitrogens with zero attached hydrogens (tertiary/aromatic N) is 3. The lowest BCUT2D eigenvalue weighted by Crippen LogP contribution is -2.54. The summed E-state index contributed by atoms with van der Waals surface area (Å²) in [5.74, 6) is -0.604. The summed E-state index contributed by atoms with van der Waals surface area (Å²) in [5, 5.41) is 5.29. The molecule has 2 heterocycles. The lowest BCUT2D eigenvalue weighted by molar-refractivity contribution is -0.136. The van der Waals surface area contributed by atoms with E-state index in [4.69, 9.17) is 0 Å². The smallest absolute Gasteiger partial charge is 0.323 e. The second kappa shape index (κ2) is 8.63. The van der Waals surface area contributed by atoms with Gasteiger partial charge in [-0.05, 0) is 18.8 Å². The molecule has 0 radical (unpaired) electrons. The molecule has 2 aliphatic rings. The van der Waals surface area contributed by atoms with E-state index in [0.29, 0.717) is 11.6 Å². The summed E-state index contributed by atoms with van der Waals surface area (Å²) < 4.78 is 0. The maximum absolute atomic E-state index is 13.2. The number of carbonyl (C=O) groups excluding carboxylic acids is 3. The molecule has 1 aromatic carbocycles. The standard InChI is InChI=1S/C23H26N4O3S/c1-3-13-26(22-24-18(15-31-22)17-10-5-4-6-11-17)19(28)14-27-20(29)23(25-21(27)30)12-8-7-9-16(23)2/h3-6,10-11,15-16H,1,7-9,12-14H2,2H3,(H,25,30)/t16-,23-/m0/s1. The van der Waals surface area contributed by atoms with Crippen LogP contribution in [0.25, 0.3) is 11.3 Å². The lowest BCUT2D eigenvalue weighted by Gasteiger charge is -2.36. The summed E-state index contributed by atoms with van der Waals surface area (Å²) in [6.45, 7) is 5.66. The third kappa shape index (κ3) is 3.87. The fourth-order valence-electron chi connectivity index (χ4n) is 4.41. The van der Waals surface area contributed by atoms with Crippen molar-refractivity contribution >= 4 is 34.3 Å². The van der Waals surface area contributed by atoms with Gasteiger partial charge in [0.1, 0.15) is 12.1 Å². The molecule has 1 N–H and O–H groups in total. The van der Waals surface area contributed by atoms with E-state index in [1.54, 1.807) is 6.08 Å². The summed E-state index contributed by atoms with van der Waals surface area (Å²) in [6, 6.07) is 9.21. The normalized spacial score (nSPS) is 23.1. The molecule has 1 saturated heterocycles. The van der Waals surface area contributed by atoms with Gasteiger partial charge in [-0.25, -0.2) is 9.78 Å². The molecule has 0 unspecified atom stereocenters. The van der Waals surface area contributed by atoms with E-state index in [1.165, 1.54) is 16.2 Å². The van der Waals surface area contributed by atoms with Crippen LogP contribution in [0.4, 0.5) is 9.93 Å². The number of amides is 4. The van der Waals surface area contributed by atoms with E-state index in [9.17, 15) is 14.4 Å². The topological polar surface area (TPSA) is 82.6 Å². The van der Waals surface area contributed by atoms with Crippen molar-refractivity contribution in [1.82, 2.24) is 15.2 Å². The van der Waals surface area contributed by atoms with Gasteiger partial charge in [0, 0.05) is 17.5 Å². The monoisotopic (exact) mass is 438 g/mol. The van der Waals surface area contributed by atoms with Crippen molar-refractivity contribution in [3.8, 4) is 11.3 Å². The number of benzene rings is 1. The van der Waals surface area contributed by atoms with Crippen molar-refractivity contribution in [3.05, 3.63) is 48.4 Å².